The van der Waals surface area contributed by atoms with E-state index in [2.05, 4.69) is 20.0 Å². The minimum absolute atomic E-state index is 0.00589. The Balaban J connectivity index is 2.70. The van der Waals surface area contributed by atoms with Crippen molar-refractivity contribution in [2.45, 2.75) is 30.4 Å². The van der Waals surface area contributed by atoms with Crippen LogP contribution in [-0.2, 0) is 20.8 Å². The van der Waals surface area contributed by atoms with E-state index < -0.39 is 20.8 Å². The Bertz CT molecular complexity index is 545. The van der Waals surface area contributed by atoms with Crippen molar-refractivity contribution in [3.63, 3.8) is 0 Å². The van der Waals surface area contributed by atoms with Gasteiger partial charge in [0.05, 0.1) is 12.4 Å². The highest BCUT2D eigenvalue weighted by Crippen LogP contribution is 2.07. The molecule has 0 radical (unpaired) electrons. The molecule has 0 aromatic carbocycles. The Labute approximate surface area is 122 Å². The zero-order chi connectivity index (χ0) is 15.2. The Morgan fingerprint density at radius 3 is 2.45 bits per heavy atom. The van der Waals surface area contributed by atoms with Gasteiger partial charge in [-0.25, -0.2) is 23.1 Å². The number of nitrogens with zero attached hydrogens (tertiary/aromatic N) is 2. The van der Waals surface area contributed by atoms with Gasteiger partial charge in [0.15, 0.2) is 0 Å². The molecule has 114 valence electrons. The molecule has 0 spiro atoms. The maximum absolute atomic E-state index is 12.0. The molecule has 0 saturated heterocycles. The number of hydrogen-bond donors (Lipinski definition) is 2. The predicted molar refractivity (Wildman–Crippen MR) is 79.5 cm³/mol. The van der Waals surface area contributed by atoms with Crippen LogP contribution >= 0.6 is 0 Å². The fourth-order valence-electron chi connectivity index (χ4n) is 1.21. The van der Waals surface area contributed by atoms with Gasteiger partial charge in [0.2, 0.25) is 16.0 Å². The van der Waals surface area contributed by atoms with Gasteiger partial charge in [-0.15, -0.1) is 0 Å². The molecule has 0 aliphatic carbocycles. The van der Waals surface area contributed by atoms with E-state index in [1.807, 2.05) is 6.92 Å². The highest BCUT2D eigenvalue weighted by atomic mass is 32.2. The van der Waals surface area contributed by atoms with Gasteiger partial charge in [0.1, 0.15) is 4.90 Å². The second kappa shape index (κ2) is 7.65. The van der Waals surface area contributed by atoms with Crippen LogP contribution in [0.2, 0.25) is 0 Å². The van der Waals surface area contributed by atoms with Crippen LogP contribution in [0.15, 0.2) is 17.3 Å². The van der Waals surface area contributed by atoms with Crippen LogP contribution < -0.4 is 10.0 Å². The summed E-state index contributed by atoms with van der Waals surface area (Å²) in [4.78, 5) is 7.88. The Morgan fingerprint density at radius 2 is 1.95 bits per heavy atom. The lowest BCUT2D eigenvalue weighted by Gasteiger charge is -2.10. The molecule has 1 aromatic rings. The Hall–Kier alpha value is -1.06. The molecular formula is C11H20N4O3S2. The normalized spacial score (nSPS) is 14.8. The first-order chi connectivity index (χ1) is 9.36. The van der Waals surface area contributed by atoms with Gasteiger partial charge < -0.3 is 5.32 Å². The van der Waals surface area contributed by atoms with Crippen LogP contribution in [0.1, 0.15) is 20.3 Å². The predicted octanol–water partition coefficient (Wildman–Crippen LogP) is 0.344. The van der Waals surface area contributed by atoms with Gasteiger partial charge in [0, 0.05) is 35.4 Å². The molecule has 2 unspecified atom stereocenters. The number of nitrogens with one attached hydrogen (secondary N) is 2. The lowest BCUT2D eigenvalue weighted by Crippen LogP contribution is -2.32. The molecule has 0 amide bonds. The molecule has 1 heterocycles. The Morgan fingerprint density at radius 1 is 1.35 bits per heavy atom. The van der Waals surface area contributed by atoms with Crippen molar-refractivity contribution in [1.29, 1.82) is 0 Å². The molecule has 0 saturated carbocycles. The minimum atomic E-state index is -3.66. The molecule has 9 heteroatoms. The van der Waals surface area contributed by atoms with Gasteiger partial charge in [-0.3, -0.25) is 4.21 Å². The first kappa shape index (κ1) is 17.0. The average molecular weight is 320 g/mol. The smallest absolute Gasteiger partial charge is 0.243 e. The molecule has 2 atom stereocenters. The maximum Gasteiger partial charge on any atom is 0.243 e. The van der Waals surface area contributed by atoms with Crippen molar-refractivity contribution in [3.8, 4) is 0 Å². The lowest BCUT2D eigenvalue weighted by molar-refractivity contribution is 0.579. The lowest BCUT2D eigenvalue weighted by atomic mass is 10.5. The third-order valence-electron chi connectivity index (χ3n) is 2.60. The minimum Gasteiger partial charge on any atom is -0.354 e. The molecule has 1 aromatic heterocycles. The van der Waals surface area contributed by atoms with Gasteiger partial charge in [-0.2, -0.15) is 0 Å². The molecule has 0 aliphatic heterocycles. The van der Waals surface area contributed by atoms with Gasteiger partial charge >= 0.3 is 0 Å². The van der Waals surface area contributed by atoms with Crippen LogP contribution in [0, 0.1) is 0 Å². The number of anilines is 1. The van der Waals surface area contributed by atoms with Crippen LogP contribution in [0.4, 0.5) is 5.95 Å². The van der Waals surface area contributed by atoms with Crippen molar-refractivity contribution in [2.75, 3.05) is 24.7 Å². The zero-order valence-electron chi connectivity index (χ0n) is 11.8. The molecule has 20 heavy (non-hydrogen) atoms. The van der Waals surface area contributed by atoms with Crippen LogP contribution in [0.3, 0.4) is 0 Å². The maximum atomic E-state index is 12.0. The number of hydrogen-bond acceptors (Lipinski definition) is 6. The molecule has 0 aliphatic rings. The van der Waals surface area contributed by atoms with E-state index in [-0.39, 0.29) is 16.7 Å². The molecular weight excluding hydrogens is 300 g/mol. The fourth-order valence-corrected chi connectivity index (χ4v) is 2.65. The van der Waals surface area contributed by atoms with E-state index in [9.17, 15) is 12.6 Å². The Kier molecular flexibility index (Phi) is 6.50. The SMILES string of the molecule is CCCNc1ncc(S(=O)(=O)NCC(C)S(C)=O)cn1. The summed E-state index contributed by atoms with van der Waals surface area (Å²) in [5.74, 6) is 0.397. The van der Waals surface area contributed by atoms with Gasteiger partial charge in [-0.1, -0.05) is 6.92 Å². The molecule has 7 nitrogen and oxygen atoms in total. The summed E-state index contributed by atoms with van der Waals surface area (Å²) in [5, 5.41) is 2.71. The van der Waals surface area contributed by atoms with Gasteiger partial charge in [0.25, 0.3) is 0 Å². The molecule has 0 bridgehead atoms. The second-order valence-electron chi connectivity index (χ2n) is 4.33. The largest absolute Gasteiger partial charge is 0.354 e. The van der Waals surface area contributed by atoms with Crippen molar-refractivity contribution in [1.82, 2.24) is 14.7 Å². The summed E-state index contributed by atoms with van der Waals surface area (Å²) in [6.45, 7) is 4.56. The number of rotatable bonds is 8. The molecule has 2 N–H and O–H groups in total. The monoisotopic (exact) mass is 320 g/mol. The van der Waals surface area contributed by atoms with E-state index in [0.717, 1.165) is 13.0 Å². The first-order valence-corrected chi connectivity index (χ1v) is 9.35. The van der Waals surface area contributed by atoms with Crippen molar-refractivity contribution >= 4 is 26.8 Å². The highest BCUT2D eigenvalue weighted by molar-refractivity contribution is 7.89. The van der Waals surface area contributed by atoms with Crippen molar-refractivity contribution < 1.29 is 12.6 Å². The third kappa shape index (κ3) is 5.14. The second-order valence-corrected chi connectivity index (χ2v) is 7.90. The van der Waals surface area contributed by atoms with Gasteiger partial charge in [-0.05, 0) is 13.3 Å². The summed E-state index contributed by atoms with van der Waals surface area (Å²) < 4.78 is 37.5. The summed E-state index contributed by atoms with van der Waals surface area (Å²) in [7, 11) is -4.74. The number of sulfonamides is 1. The first-order valence-electron chi connectivity index (χ1n) is 6.24. The van der Waals surface area contributed by atoms with E-state index in [1.165, 1.54) is 18.6 Å². The highest BCUT2D eigenvalue weighted by Gasteiger charge is 2.17. The van der Waals surface area contributed by atoms with E-state index in [1.54, 1.807) is 6.92 Å². The molecule has 1 rings (SSSR count). The van der Waals surface area contributed by atoms with Crippen molar-refractivity contribution in [3.05, 3.63) is 12.4 Å². The van der Waals surface area contributed by atoms with Crippen LogP contribution in [0.5, 0.6) is 0 Å². The summed E-state index contributed by atoms with van der Waals surface area (Å²) in [6, 6.07) is 0. The van der Waals surface area contributed by atoms with E-state index >= 15 is 0 Å². The standard InChI is InChI=1S/C11H20N4O3S2/c1-4-5-12-11-13-7-10(8-14-11)20(17,18)15-6-9(2)19(3)16/h7-9,15H,4-6H2,1-3H3,(H,12,13,14). The van der Waals surface area contributed by atoms with Crippen molar-refractivity contribution in [2.24, 2.45) is 0 Å². The topological polar surface area (TPSA) is 101 Å². The summed E-state index contributed by atoms with van der Waals surface area (Å²) in [5.41, 5.74) is 0. The summed E-state index contributed by atoms with van der Waals surface area (Å²) >= 11 is 0. The van der Waals surface area contributed by atoms with E-state index in [0.29, 0.717) is 5.95 Å². The van der Waals surface area contributed by atoms with E-state index in [4.69, 9.17) is 0 Å². The third-order valence-corrected chi connectivity index (χ3v) is 5.28. The van der Waals surface area contributed by atoms with Crippen LogP contribution in [0.25, 0.3) is 0 Å². The fraction of sp³-hybridized carbons (Fsp3) is 0.636. The quantitative estimate of drug-likeness (QED) is 0.716. The zero-order valence-corrected chi connectivity index (χ0v) is 13.4. The summed E-state index contributed by atoms with van der Waals surface area (Å²) in [6.07, 6.45) is 4.97. The molecule has 0 fully saturated rings. The van der Waals surface area contributed by atoms with Crippen LogP contribution in [-0.4, -0.2) is 47.2 Å². The average Bonchev–Trinajstić information content (AvgIpc) is 2.43. The number of aromatic nitrogens is 2.